The van der Waals surface area contributed by atoms with Crippen molar-refractivity contribution in [2.75, 3.05) is 18.9 Å². The van der Waals surface area contributed by atoms with Gasteiger partial charge in [-0.3, -0.25) is 4.79 Å². The molecule has 3 N–H and O–H groups in total. The maximum Gasteiger partial charge on any atom is 0.339 e. The number of carbonyl (C=O) groups excluding carboxylic acids is 2. The van der Waals surface area contributed by atoms with Crippen LogP contribution in [0.15, 0.2) is 50.9 Å². The highest BCUT2D eigenvalue weighted by Crippen LogP contribution is 2.19. The van der Waals surface area contributed by atoms with Crippen molar-refractivity contribution in [1.29, 1.82) is 0 Å². The summed E-state index contributed by atoms with van der Waals surface area (Å²) >= 11 is 2.52. The number of hydrogen-bond acceptors (Lipinski definition) is 7. The minimum Gasteiger partial charge on any atom is -0.452 e. The topological polar surface area (TPSA) is 116 Å². The van der Waals surface area contributed by atoms with Crippen LogP contribution in [0.3, 0.4) is 0 Å². The fourth-order valence-corrected chi connectivity index (χ4v) is 4.29. The first-order chi connectivity index (χ1) is 12.4. The SMILES string of the molecule is NS(=O)(=O)c1cc(C(=O)OCC(=O)NCCCSc2ccccc2)cs1. The molecule has 1 heterocycles. The van der Waals surface area contributed by atoms with E-state index in [0.29, 0.717) is 6.54 Å². The Morgan fingerprint density at radius 1 is 1.23 bits per heavy atom. The summed E-state index contributed by atoms with van der Waals surface area (Å²) in [5, 5.41) is 8.96. The summed E-state index contributed by atoms with van der Waals surface area (Å²) in [7, 11) is -3.85. The normalized spacial score (nSPS) is 11.1. The summed E-state index contributed by atoms with van der Waals surface area (Å²) in [5.74, 6) is -0.328. The van der Waals surface area contributed by atoms with E-state index in [1.54, 1.807) is 11.8 Å². The molecule has 2 rings (SSSR count). The van der Waals surface area contributed by atoms with Gasteiger partial charge in [-0.25, -0.2) is 18.4 Å². The highest BCUT2D eigenvalue weighted by molar-refractivity contribution is 7.99. The number of thioether (sulfide) groups is 1. The van der Waals surface area contributed by atoms with E-state index in [2.05, 4.69) is 5.32 Å². The fourth-order valence-electron chi connectivity index (χ4n) is 1.84. The number of benzene rings is 1. The Morgan fingerprint density at radius 2 is 1.96 bits per heavy atom. The molecule has 0 unspecified atom stereocenters. The lowest BCUT2D eigenvalue weighted by Crippen LogP contribution is -2.29. The number of primary sulfonamides is 1. The Kier molecular flexibility index (Phi) is 7.64. The predicted octanol–water partition coefficient (Wildman–Crippen LogP) is 1.85. The van der Waals surface area contributed by atoms with E-state index in [1.165, 1.54) is 10.3 Å². The van der Waals surface area contributed by atoms with Crippen LogP contribution in [0.2, 0.25) is 0 Å². The number of hydrogen-bond donors (Lipinski definition) is 2. The van der Waals surface area contributed by atoms with Gasteiger partial charge in [0, 0.05) is 16.8 Å². The molecule has 26 heavy (non-hydrogen) atoms. The van der Waals surface area contributed by atoms with Crippen LogP contribution in [0, 0.1) is 0 Å². The summed E-state index contributed by atoms with van der Waals surface area (Å²) in [5.41, 5.74) is 0.0473. The predicted molar refractivity (Wildman–Crippen MR) is 101 cm³/mol. The van der Waals surface area contributed by atoms with Crippen LogP contribution in [0.25, 0.3) is 0 Å². The zero-order valence-corrected chi connectivity index (χ0v) is 16.2. The Morgan fingerprint density at radius 3 is 2.62 bits per heavy atom. The average Bonchev–Trinajstić information content (AvgIpc) is 3.11. The van der Waals surface area contributed by atoms with Crippen LogP contribution >= 0.6 is 23.1 Å². The van der Waals surface area contributed by atoms with Crippen molar-refractivity contribution in [3.63, 3.8) is 0 Å². The van der Waals surface area contributed by atoms with Crippen molar-refractivity contribution in [3.05, 3.63) is 47.3 Å². The molecule has 140 valence electrons. The molecule has 1 aromatic heterocycles. The second kappa shape index (κ2) is 9.72. The third kappa shape index (κ3) is 6.79. The summed E-state index contributed by atoms with van der Waals surface area (Å²) < 4.78 is 27.1. The molecule has 10 heteroatoms. The highest BCUT2D eigenvalue weighted by atomic mass is 32.2. The van der Waals surface area contributed by atoms with Crippen molar-refractivity contribution in [2.45, 2.75) is 15.5 Å². The molecule has 0 spiro atoms. The zero-order chi connectivity index (χ0) is 19.0. The van der Waals surface area contributed by atoms with Crippen LogP contribution < -0.4 is 10.5 Å². The molecule has 0 bridgehead atoms. The van der Waals surface area contributed by atoms with Gasteiger partial charge >= 0.3 is 5.97 Å². The van der Waals surface area contributed by atoms with E-state index >= 15 is 0 Å². The number of thiophene rings is 1. The first-order valence-electron chi connectivity index (χ1n) is 7.59. The molecule has 1 amide bonds. The molecule has 0 atom stereocenters. The van der Waals surface area contributed by atoms with Crippen LogP contribution in [0.5, 0.6) is 0 Å². The monoisotopic (exact) mass is 414 g/mol. The van der Waals surface area contributed by atoms with E-state index in [0.717, 1.165) is 29.6 Å². The van der Waals surface area contributed by atoms with E-state index in [4.69, 9.17) is 9.88 Å². The minimum absolute atomic E-state index is 0.0473. The molecule has 0 saturated heterocycles. The fraction of sp³-hybridized carbons (Fsp3) is 0.250. The van der Waals surface area contributed by atoms with E-state index < -0.39 is 28.5 Å². The lowest BCUT2D eigenvalue weighted by atomic mass is 10.3. The molecule has 0 fully saturated rings. The van der Waals surface area contributed by atoms with Crippen LogP contribution in [0.4, 0.5) is 0 Å². The molecule has 0 aliphatic heterocycles. The molecule has 1 aromatic carbocycles. The number of nitrogens with two attached hydrogens (primary N) is 1. The molecule has 0 aliphatic carbocycles. The molecule has 0 saturated carbocycles. The first kappa shape index (κ1) is 20.4. The molecular weight excluding hydrogens is 396 g/mol. The van der Waals surface area contributed by atoms with Crippen LogP contribution in [-0.4, -0.2) is 39.2 Å². The number of ether oxygens (including phenoxy) is 1. The number of rotatable bonds is 9. The first-order valence-corrected chi connectivity index (χ1v) is 11.0. The number of sulfonamides is 1. The molecule has 2 aromatic rings. The van der Waals surface area contributed by atoms with Gasteiger partial charge in [0.15, 0.2) is 6.61 Å². The summed E-state index contributed by atoms with van der Waals surface area (Å²) in [6.07, 6.45) is 0.779. The van der Waals surface area contributed by atoms with E-state index in [1.807, 2.05) is 30.3 Å². The van der Waals surface area contributed by atoms with E-state index in [-0.39, 0.29) is 9.77 Å². The lowest BCUT2D eigenvalue weighted by molar-refractivity contribution is -0.124. The second-order valence-corrected chi connectivity index (χ2v) is 9.01. The quantitative estimate of drug-likeness (QED) is 0.368. The van der Waals surface area contributed by atoms with Crippen molar-refractivity contribution >= 4 is 45.0 Å². The third-order valence-electron chi connectivity index (χ3n) is 3.08. The summed E-state index contributed by atoms with van der Waals surface area (Å²) in [6.45, 7) is 0.0510. The molecule has 0 aliphatic rings. The summed E-state index contributed by atoms with van der Waals surface area (Å²) in [6, 6.07) is 11.1. The maximum atomic E-state index is 11.8. The Bertz CT molecular complexity index is 850. The zero-order valence-electron chi connectivity index (χ0n) is 13.7. The van der Waals surface area contributed by atoms with Crippen molar-refractivity contribution in [2.24, 2.45) is 5.14 Å². The number of esters is 1. The van der Waals surface area contributed by atoms with Gasteiger partial charge in [-0.15, -0.1) is 23.1 Å². The number of nitrogens with one attached hydrogen (secondary N) is 1. The van der Waals surface area contributed by atoms with E-state index in [9.17, 15) is 18.0 Å². The Labute approximate surface area is 160 Å². The van der Waals surface area contributed by atoms with Gasteiger partial charge in [-0.2, -0.15) is 0 Å². The van der Waals surface area contributed by atoms with Crippen molar-refractivity contribution in [3.8, 4) is 0 Å². The van der Waals surface area contributed by atoms with Crippen molar-refractivity contribution < 1.29 is 22.7 Å². The van der Waals surface area contributed by atoms with Gasteiger partial charge in [0.1, 0.15) is 4.21 Å². The minimum atomic E-state index is -3.85. The van der Waals surface area contributed by atoms with Crippen LogP contribution in [0.1, 0.15) is 16.8 Å². The van der Waals surface area contributed by atoms with Crippen molar-refractivity contribution in [1.82, 2.24) is 5.32 Å². The number of carbonyl (C=O) groups is 2. The third-order valence-corrected chi connectivity index (χ3v) is 6.57. The van der Waals surface area contributed by atoms with Crippen LogP contribution in [-0.2, 0) is 19.6 Å². The molecule has 0 radical (unpaired) electrons. The van der Waals surface area contributed by atoms with Gasteiger partial charge in [0.05, 0.1) is 5.56 Å². The van der Waals surface area contributed by atoms with Gasteiger partial charge in [-0.1, -0.05) is 18.2 Å². The van der Waals surface area contributed by atoms with Gasteiger partial charge in [0.2, 0.25) is 10.0 Å². The average molecular weight is 415 g/mol. The lowest BCUT2D eigenvalue weighted by Gasteiger charge is -2.06. The Hall–Kier alpha value is -1.88. The largest absolute Gasteiger partial charge is 0.452 e. The van der Waals surface area contributed by atoms with Gasteiger partial charge < -0.3 is 10.1 Å². The smallest absolute Gasteiger partial charge is 0.339 e. The Balaban J connectivity index is 1.63. The molecular formula is C16H18N2O5S3. The standard InChI is InChI=1S/C16H18N2O5S3/c17-26(21,22)15-9-12(11-25-15)16(20)23-10-14(19)18-7-4-8-24-13-5-2-1-3-6-13/h1-3,5-6,9,11H,4,7-8,10H2,(H,18,19)(H2,17,21,22). The molecule has 7 nitrogen and oxygen atoms in total. The maximum absolute atomic E-state index is 11.8. The van der Waals surface area contributed by atoms with Gasteiger partial charge in [0.25, 0.3) is 5.91 Å². The highest BCUT2D eigenvalue weighted by Gasteiger charge is 2.17. The summed E-state index contributed by atoms with van der Waals surface area (Å²) in [4.78, 5) is 24.6. The number of amides is 1. The van der Waals surface area contributed by atoms with Gasteiger partial charge in [-0.05, 0) is 30.4 Å². The second-order valence-electron chi connectivity index (χ2n) is 5.14.